The molecule has 1 fully saturated rings. The van der Waals surface area contributed by atoms with Crippen LogP contribution in [0.2, 0.25) is 0 Å². The monoisotopic (exact) mass is 314 g/mol. The molecule has 2 rings (SSSR count). The third-order valence-electron chi connectivity index (χ3n) is 3.17. The lowest BCUT2D eigenvalue weighted by atomic mass is 10.3. The Kier molecular flexibility index (Phi) is 5.74. The Hall–Kier alpha value is -0.720. The molecule has 1 saturated carbocycles. The van der Waals surface area contributed by atoms with Gasteiger partial charge in [0.05, 0.1) is 4.90 Å². The van der Waals surface area contributed by atoms with E-state index in [9.17, 15) is 8.42 Å². The van der Waals surface area contributed by atoms with E-state index >= 15 is 0 Å². The molecule has 0 spiro atoms. The van der Waals surface area contributed by atoms with Gasteiger partial charge in [-0.1, -0.05) is 0 Å². The van der Waals surface area contributed by atoms with E-state index in [-0.39, 0.29) is 6.04 Å². The fourth-order valence-electron chi connectivity index (χ4n) is 1.84. The van der Waals surface area contributed by atoms with Crippen molar-refractivity contribution in [2.24, 2.45) is 0 Å². The first-order valence-corrected chi connectivity index (χ1v) is 9.85. The van der Waals surface area contributed by atoms with Crippen molar-refractivity contribution < 1.29 is 8.42 Å². The maximum atomic E-state index is 12.0. The molecule has 1 aromatic rings. The van der Waals surface area contributed by atoms with Crippen LogP contribution in [-0.2, 0) is 10.0 Å². The molecule has 20 heavy (non-hydrogen) atoms. The molecule has 0 atom stereocenters. The van der Waals surface area contributed by atoms with E-state index in [2.05, 4.69) is 16.3 Å². The molecule has 2 N–H and O–H groups in total. The van der Waals surface area contributed by atoms with Crippen LogP contribution in [0.25, 0.3) is 0 Å². The minimum absolute atomic E-state index is 0.147. The molecule has 0 aromatic heterocycles. The van der Waals surface area contributed by atoms with E-state index < -0.39 is 10.0 Å². The zero-order chi connectivity index (χ0) is 14.4. The minimum atomic E-state index is -3.33. The first-order valence-electron chi connectivity index (χ1n) is 6.97. The molecule has 1 aliphatic rings. The fraction of sp³-hybridized carbons (Fsp3) is 0.571. The van der Waals surface area contributed by atoms with Gasteiger partial charge in [-0.25, -0.2) is 13.1 Å². The summed E-state index contributed by atoms with van der Waals surface area (Å²) in [4.78, 5) is 0.345. The standard InChI is InChI=1S/C14H22N2O2S2/c1-19-11-3-2-10-15-12-6-8-14(9-7-12)20(17,18)16-13-4-5-13/h6-9,13,15-16H,2-5,10-11H2,1H3. The maximum Gasteiger partial charge on any atom is 0.240 e. The third kappa shape index (κ3) is 5.00. The number of thioether (sulfide) groups is 1. The highest BCUT2D eigenvalue weighted by Crippen LogP contribution is 2.22. The largest absolute Gasteiger partial charge is 0.385 e. The number of sulfonamides is 1. The van der Waals surface area contributed by atoms with Crippen LogP contribution in [0, 0.1) is 0 Å². The van der Waals surface area contributed by atoms with Gasteiger partial charge in [0.25, 0.3) is 0 Å². The Morgan fingerprint density at radius 1 is 1.20 bits per heavy atom. The Morgan fingerprint density at radius 2 is 1.90 bits per heavy atom. The smallest absolute Gasteiger partial charge is 0.240 e. The van der Waals surface area contributed by atoms with Gasteiger partial charge in [0.15, 0.2) is 0 Å². The van der Waals surface area contributed by atoms with Crippen LogP contribution in [0.3, 0.4) is 0 Å². The lowest BCUT2D eigenvalue weighted by molar-refractivity contribution is 0.581. The number of hydrogen-bond acceptors (Lipinski definition) is 4. The summed E-state index contributed by atoms with van der Waals surface area (Å²) in [5, 5.41) is 3.31. The molecule has 1 aliphatic carbocycles. The van der Waals surface area contributed by atoms with E-state index in [1.165, 1.54) is 12.2 Å². The third-order valence-corrected chi connectivity index (χ3v) is 5.40. The Bertz CT molecular complexity index is 510. The molecular formula is C14H22N2O2S2. The molecule has 1 aromatic carbocycles. The topological polar surface area (TPSA) is 58.2 Å². The maximum absolute atomic E-state index is 12.0. The number of rotatable bonds is 9. The van der Waals surface area contributed by atoms with Gasteiger partial charge >= 0.3 is 0 Å². The Balaban J connectivity index is 1.82. The summed E-state index contributed by atoms with van der Waals surface area (Å²) >= 11 is 1.86. The second kappa shape index (κ2) is 7.33. The molecule has 0 heterocycles. The van der Waals surface area contributed by atoms with Crippen LogP contribution in [0.5, 0.6) is 0 Å². The van der Waals surface area contributed by atoms with Crippen LogP contribution in [0.15, 0.2) is 29.2 Å². The van der Waals surface area contributed by atoms with Crippen molar-refractivity contribution in [2.45, 2.75) is 36.6 Å². The minimum Gasteiger partial charge on any atom is -0.385 e. The highest BCUT2D eigenvalue weighted by molar-refractivity contribution is 7.98. The van der Waals surface area contributed by atoms with E-state index in [0.717, 1.165) is 31.5 Å². The number of unbranched alkanes of at least 4 members (excludes halogenated alkanes) is 1. The summed E-state index contributed by atoms with van der Waals surface area (Å²) in [6.07, 6.45) is 6.35. The second-order valence-electron chi connectivity index (χ2n) is 5.05. The summed E-state index contributed by atoms with van der Waals surface area (Å²) < 4.78 is 26.7. The molecule has 0 radical (unpaired) electrons. The molecule has 0 aliphatic heterocycles. The van der Waals surface area contributed by atoms with Gasteiger partial charge in [-0.3, -0.25) is 0 Å². The van der Waals surface area contributed by atoms with E-state index in [4.69, 9.17) is 0 Å². The van der Waals surface area contributed by atoms with Crippen molar-refractivity contribution in [1.82, 2.24) is 4.72 Å². The van der Waals surface area contributed by atoms with Gasteiger partial charge in [0, 0.05) is 18.3 Å². The highest BCUT2D eigenvalue weighted by atomic mass is 32.2. The average molecular weight is 314 g/mol. The van der Waals surface area contributed by atoms with Gasteiger partial charge in [0.2, 0.25) is 10.0 Å². The molecule has 0 saturated heterocycles. The molecule has 0 unspecified atom stereocenters. The molecule has 0 bridgehead atoms. The van der Waals surface area contributed by atoms with E-state index in [1.807, 2.05) is 23.9 Å². The molecular weight excluding hydrogens is 292 g/mol. The number of anilines is 1. The van der Waals surface area contributed by atoms with Crippen molar-refractivity contribution in [2.75, 3.05) is 23.9 Å². The molecule has 112 valence electrons. The Labute approximate surface area is 125 Å². The van der Waals surface area contributed by atoms with Crippen LogP contribution in [0.1, 0.15) is 25.7 Å². The van der Waals surface area contributed by atoms with Crippen LogP contribution >= 0.6 is 11.8 Å². The molecule has 0 amide bonds. The van der Waals surface area contributed by atoms with Crippen molar-refractivity contribution in [3.05, 3.63) is 24.3 Å². The first-order chi connectivity index (χ1) is 9.62. The molecule has 6 heteroatoms. The summed E-state index contributed by atoms with van der Waals surface area (Å²) in [7, 11) is -3.33. The first kappa shape index (κ1) is 15.7. The summed E-state index contributed by atoms with van der Waals surface area (Å²) in [6, 6.07) is 7.13. The Morgan fingerprint density at radius 3 is 2.50 bits per heavy atom. The number of benzene rings is 1. The summed E-state index contributed by atoms with van der Waals surface area (Å²) in [6.45, 7) is 0.924. The molecule has 4 nitrogen and oxygen atoms in total. The number of nitrogens with one attached hydrogen (secondary N) is 2. The lowest BCUT2D eigenvalue weighted by Crippen LogP contribution is -2.25. The van der Waals surface area contributed by atoms with Gasteiger partial charge in [-0.2, -0.15) is 11.8 Å². The van der Waals surface area contributed by atoms with Crippen molar-refractivity contribution in [3.8, 4) is 0 Å². The fourth-order valence-corrected chi connectivity index (χ4v) is 3.64. The van der Waals surface area contributed by atoms with Crippen LogP contribution < -0.4 is 10.0 Å². The SMILES string of the molecule is CSCCCCNc1ccc(S(=O)(=O)NC2CC2)cc1. The average Bonchev–Trinajstić information content (AvgIpc) is 3.22. The van der Waals surface area contributed by atoms with Crippen molar-refractivity contribution >= 4 is 27.5 Å². The van der Waals surface area contributed by atoms with Crippen LogP contribution in [0.4, 0.5) is 5.69 Å². The van der Waals surface area contributed by atoms with Gasteiger partial charge in [-0.15, -0.1) is 0 Å². The lowest BCUT2D eigenvalue weighted by Gasteiger charge is -2.08. The van der Waals surface area contributed by atoms with E-state index in [0.29, 0.717) is 4.90 Å². The van der Waals surface area contributed by atoms with Crippen LogP contribution in [-0.4, -0.2) is 33.0 Å². The summed E-state index contributed by atoms with van der Waals surface area (Å²) in [5.41, 5.74) is 0.972. The van der Waals surface area contributed by atoms with Crippen molar-refractivity contribution in [3.63, 3.8) is 0 Å². The zero-order valence-corrected chi connectivity index (χ0v) is 13.4. The van der Waals surface area contributed by atoms with Gasteiger partial charge in [-0.05, 0) is 62.0 Å². The number of hydrogen-bond donors (Lipinski definition) is 2. The zero-order valence-electron chi connectivity index (χ0n) is 11.8. The predicted octanol–water partition coefficient (Wildman–Crippen LogP) is 2.68. The van der Waals surface area contributed by atoms with Gasteiger partial charge < -0.3 is 5.32 Å². The summed E-state index contributed by atoms with van der Waals surface area (Å²) in [5.74, 6) is 1.19. The predicted molar refractivity (Wildman–Crippen MR) is 85.9 cm³/mol. The normalized spacial score (nSPS) is 15.2. The van der Waals surface area contributed by atoms with Crippen molar-refractivity contribution in [1.29, 1.82) is 0 Å². The second-order valence-corrected chi connectivity index (χ2v) is 7.75. The highest BCUT2D eigenvalue weighted by Gasteiger charge is 2.27. The van der Waals surface area contributed by atoms with Gasteiger partial charge in [0.1, 0.15) is 0 Å². The van der Waals surface area contributed by atoms with E-state index in [1.54, 1.807) is 12.1 Å². The quantitative estimate of drug-likeness (QED) is 0.688.